The third-order valence-corrected chi connectivity index (χ3v) is 3.37. The molecule has 0 atom stereocenters. The largest absolute Gasteiger partial charge is 0.573 e. The fourth-order valence-electron chi connectivity index (χ4n) is 1.47. The number of anilines is 1. The highest BCUT2D eigenvalue weighted by atomic mass is 32.2. The summed E-state index contributed by atoms with van der Waals surface area (Å²) in [6.07, 6.45) is -3.38. The molecule has 1 aromatic carbocycles. The van der Waals surface area contributed by atoms with Crippen molar-refractivity contribution in [3.05, 3.63) is 41.6 Å². The maximum Gasteiger partial charge on any atom is 0.573 e. The van der Waals surface area contributed by atoms with E-state index >= 15 is 0 Å². The van der Waals surface area contributed by atoms with Gasteiger partial charge in [-0.25, -0.2) is 9.97 Å². The van der Waals surface area contributed by atoms with Gasteiger partial charge in [-0.15, -0.1) is 13.2 Å². The van der Waals surface area contributed by atoms with Crippen molar-refractivity contribution in [3.63, 3.8) is 0 Å². The molecule has 5 nitrogen and oxygen atoms in total. The zero-order chi connectivity index (χ0) is 16.2. The van der Waals surface area contributed by atoms with Gasteiger partial charge in [0, 0.05) is 5.75 Å². The maximum atomic E-state index is 12.0. The quantitative estimate of drug-likeness (QED) is 0.686. The predicted molar refractivity (Wildman–Crippen MR) is 73.8 cm³/mol. The third-order valence-electron chi connectivity index (χ3n) is 2.44. The van der Waals surface area contributed by atoms with E-state index in [1.807, 2.05) is 6.07 Å². The molecule has 0 aliphatic carbocycles. The maximum absolute atomic E-state index is 12.0. The van der Waals surface area contributed by atoms with Gasteiger partial charge in [-0.2, -0.15) is 5.26 Å². The van der Waals surface area contributed by atoms with Gasteiger partial charge in [0.25, 0.3) is 0 Å². The number of nitriles is 1. The Balaban J connectivity index is 1.97. The molecule has 0 saturated carbocycles. The summed E-state index contributed by atoms with van der Waals surface area (Å²) >= 11 is 1.25. The van der Waals surface area contributed by atoms with E-state index < -0.39 is 6.36 Å². The van der Waals surface area contributed by atoms with Gasteiger partial charge in [0.05, 0.1) is 6.20 Å². The number of rotatable bonds is 4. The molecule has 1 aromatic heterocycles. The molecule has 9 heteroatoms. The molecule has 0 unspecified atom stereocenters. The molecule has 0 amide bonds. The molecule has 22 heavy (non-hydrogen) atoms. The summed E-state index contributed by atoms with van der Waals surface area (Å²) in [5.74, 6) is 0.256. The SMILES string of the molecule is N#Cc1cnc(SCc2ccc(OC(F)(F)F)cc2)nc1N. The molecule has 0 aliphatic heterocycles. The number of thioether (sulfide) groups is 1. The molecule has 114 valence electrons. The second kappa shape index (κ2) is 6.53. The minimum atomic E-state index is -4.70. The van der Waals surface area contributed by atoms with Gasteiger partial charge in [0.15, 0.2) is 5.16 Å². The predicted octanol–water partition coefficient (Wildman–Crippen LogP) is 3.12. The zero-order valence-electron chi connectivity index (χ0n) is 11.0. The van der Waals surface area contributed by atoms with Crippen LogP contribution in [-0.2, 0) is 5.75 Å². The Morgan fingerprint density at radius 3 is 2.50 bits per heavy atom. The van der Waals surface area contributed by atoms with Gasteiger partial charge in [-0.05, 0) is 17.7 Å². The first kappa shape index (κ1) is 15.9. The Bertz CT molecular complexity index is 698. The lowest BCUT2D eigenvalue weighted by molar-refractivity contribution is -0.274. The molecule has 1 heterocycles. The van der Waals surface area contributed by atoms with E-state index in [4.69, 9.17) is 11.0 Å². The van der Waals surface area contributed by atoms with E-state index in [0.29, 0.717) is 10.9 Å². The van der Waals surface area contributed by atoms with Crippen molar-refractivity contribution < 1.29 is 17.9 Å². The lowest BCUT2D eigenvalue weighted by Gasteiger charge is -2.09. The van der Waals surface area contributed by atoms with Crippen molar-refractivity contribution in [2.75, 3.05) is 5.73 Å². The number of aromatic nitrogens is 2. The first-order valence-corrected chi connectivity index (χ1v) is 6.86. The van der Waals surface area contributed by atoms with Crippen LogP contribution < -0.4 is 10.5 Å². The first-order chi connectivity index (χ1) is 10.4. The van der Waals surface area contributed by atoms with E-state index in [9.17, 15) is 13.2 Å². The molecule has 0 saturated heterocycles. The van der Waals surface area contributed by atoms with Crippen molar-refractivity contribution in [2.24, 2.45) is 0 Å². The summed E-state index contributed by atoms with van der Waals surface area (Å²) in [7, 11) is 0. The van der Waals surface area contributed by atoms with Crippen LogP contribution in [-0.4, -0.2) is 16.3 Å². The van der Waals surface area contributed by atoms with Gasteiger partial charge >= 0.3 is 6.36 Å². The highest BCUT2D eigenvalue weighted by molar-refractivity contribution is 7.98. The number of benzene rings is 1. The smallest absolute Gasteiger partial charge is 0.406 e. The summed E-state index contributed by atoms with van der Waals surface area (Å²) in [6.45, 7) is 0. The molecular weight excluding hydrogens is 317 g/mol. The molecule has 0 radical (unpaired) electrons. The fourth-order valence-corrected chi connectivity index (χ4v) is 2.25. The van der Waals surface area contributed by atoms with Gasteiger partial charge in [0.2, 0.25) is 0 Å². The lowest BCUT2D eigenvalue weighted by Crippen LogP contribution is -2.16. The monoisotopic (exact) mass is 326 g/mol. The topological polar surface area (TPSA) is 84.8 Å². The minimum Gasteiger partial charge on any atom is -0.406 e. The Morgan fingerprint density at radius 1 is 1.27 bits per heavy atom. The number of alkyl halides is 3. The Kier molecular flexibility index (Phi) is 4.72. The molecule has 2 aromatic rings. The first-order valence-electron chi connectivity index (χ1n) is 5.87. The molecule has 0 aliphatic rings. The van der Waals surface area contributed by atoms with E-state index in [1.165, 1.54) is 42.2 Å². The number of nitrogen functional groups attached to an aromatic ring is 1. The Hall–Kier alpha value is -2.47. The molecule has 0 fully saturated rings. The van der Waals surface area contributed by atoms with Crippen molar-refractivity contribution in [2.45, 2.75) is 17.3 Å². The van der Waals surface area contributed by atoms with Crippen LogP contribution in [0.4, 0.5) is 19.0 Å². The minimum absolute atomic E-state index is 0.0916. The van der Waals surface area contributed by atoms with E-state index in [0.717, 1.165) is 5.56 Å². The molecular formula is C13H9F3N4OS. The average Bonchev–Trinajstić information content (AvgIpc) is 2.45. The van der Waals surface area contributed by atoms with Crippen LogP contribution in [0.1, 0.15) is 11.1 Å². The van der Waals surface area contributed by atoms with Gasteiger partial charge in [-0.3, -0.25) is 0 Å². The van der Waals surface area contributed by atoms with Crippen LogP contribution in [0.25, 0.3) is 0 Å². The average molecular weight is 326 g/mol. The summed E-state index contributed by atoms with van der Waals surface area (Å²) < 4.78 is 39.9. The van der Waals surface area contributed by atoms with Crippen molar-refractivity contribution >= 4 is 17.6 Å². The van der Waals surface area contributed by atoms with Crippen LogP contribution >= 0.6 is 11.8 Å². The van der Waals surface area contributed by atoms with Crippen LogP contribution in [0.3, 0.4) is 0 Å². The number of nitrogens with two attached hydrogens (primary N) is 1. The van der Waals surface area contributed by atoms with Crippen LogP contribution in [0.5, 0.6) is 5.75 Å². The zero-order valence-corrected chi connectivity index (χ0v) is 11.8. The van der Waals surface area contributed by atoms with Crippen molar-refractivity contribution in [1.82, 2.24) is 9.97 Å². The highest BCUT2D eigenvalue weighted by Gasteiger charge is 2.30. The third kappa shape index (κ3) is 4.53. The Morgan fingerprint density at radius 2 is 1.95 bits per heavy atom. The summed E-state index contributed by atoms with van der Waals surface area (Å²) in [4.78, 5) is 7.93. The number of halogens is 3. The van der Waals surface area contributed by atoms with Gasteiger partial charge < -0.3 is 10.5 Å². The van der Waals surface area contributed by atoms with E-state index in [-0.39, 0.29) is 17.1 Å². The van der Waals surface area contributed by atoms with Gasteiger partial charge in [-0.1, -0.05) is 23.9 Å². The van der Waals surface area contributed by atoms with Crippen molar-refractivity contribution in [1.29, 1.82) is 5.26 Å². The standard InChI is InChI=1S/C13H9F3N4OS/c14-13(15,16)21-10-3-1-8(2-4-10)7-22-12-19-6-9(5-17)11(18)20-12/h1-4,6H,7H2,(H2,18,19,20). The fraction of sp³-hybridized carbons (Fsp3) is 0.154. The molecule has 0 bridgehead atoms. The highest BCUT2D eigenvalue weighted by Crippen LogP contribution is 2.25. The second-order valence-electron chi connectivity index (χ2n) is 4.04. The Labute approximate surface area is 127 Å². The van der Waals surface area contributed by atoms with Crippen LogP contribution in [0.15, 0.2) is 35.6 Å². The molecule has 2 rings (SSSR count). The number of hydrogen-bond donors (Lipinski definition) is 1. The van der Waals surface area contributed by atoms with E-state index in [2.05, 4.69) is 14.7 Å². The number of hydrogen-bond acceptors (Lipinski definition) is 6. The van der Waals surface area contributed by atoms with Crippen LogP contribution in [0, 0.1) is 11.3 Å². The summed E-state index contributed by atoms with van der Waals surface area (Å²) in [5, 5.41) is 9.10. The number of ether oxygens (including phenoxy) is 1. The van der Waals surface area contributed by atoms with Crippen molar-refractivity contribution in [3.8, 4) is 11.8 Å². The molecule has 0 spiro atoms. The number of nitrogens with zero attached hydrogens (tertiary/aromatic N) is 3. The summed E-state index contributed by atoms with van der Waals surface area (Å²) in [5.41, 5.74) is 6.53. The van der Waals surface area contributed by atoms with E-state index in [1.54, 1.807) is 0 Å². The van der Waals surface area contributed by atoms with Gasteiger partial charge in [0.1, 0.15) is 23.2 Å². The lowest BCUT2D eigenvalue weighted by atomic mass is 10.2. The second-order valence-corrected chi connectivity index (χ2v) is 4.99. The summed E-state index contributed by atoms with van der Waals surface area (Å²) in [6, 6.07) is 7.35. The van der Waals surface area contributed by atoms with Crippen LogP contribution in [0.2, 0.25) is 0 Å². The molecule has 2 N–H and O–H groups in total. The normalized spacial score (nSPS) is 11.0.